The second kappa shape index (κ2) is 14.8. The van der Waals surface area contributed by atoms with E-state index in [1.807, 2.05) is 0 Å². The fraction of sp³-hybridized carbons (Fsp3) is 0.0161. The molecule has 0 radical (unpaired) electrons. The quantitative estimate of drug-likeness (QED) is 0.164. The van der Waals surface area contributed by atoms with E-state index in [4.69, 9.17) is 16.0 Å². The van der Waals surface area contributed by atoms with Crippen LogP contribution >= 0.6 is 0 Å². The molecule has 10 aromatic carbocycles. The van der Waals surface area contributed by atoms with Gasteiger partial charge in [0.1, 0.15) is 11.2 Å². The van der Waals surface area contributed by atoms with Crippen LogP contribution in [-0.2, 0) is 0 Å². The lowest BCUT2D eigenvalue weighted by atomic mass is 9.92. The van der Waals surface area contributed by atoms with Gasteiger partial charge in [0.05, 0.1) is 28.5 Å². The Labute approximate surface area is 376 Å². The van der Waals surface area contributed by atoms with Gasteiger partial charge in [-0.15, -0.1) is 0 Å². The van der Waals surface area contributed by atoms with E-state index < -0.39 is 0 Å². The molecule has 0 saturated heterocycles. The van der Waals surface area contributed by atoms with E-state index in [1.165, 1.54) is 43.4 Å². The largest absolute Gasteiger partial charge is 0.456 e. The number of furan rings is 1. The van der Waals surface area contributed by atoms with Crippen molar-refractivity contribution in [3.05, 3.63) is 248 Å². The Morgan fingerprint density at radius 1 is 0.400 bits per heavy atom. The van der Waals surface area contributed by atoms with Crippen LogP contribution in [0.1, 0.15) is 17.2 Å². The Morgan fingerprint density at radius 3 is 1.75 bits per heavy atom. The Kier molecular flexibility index (Phi) is 8.44. The first-order chi connectivity index (χ1) is 32.1. The third kappa shape index (κ3) is 6.01. The highest BCUT2D eigenvalue weighted by Gasteiger charge is 2.28. The van der Waals surface area contributed by atoms with Crippen molar-refractivity contribution in [3.63, 3.8) is 0 Å². The molecule has 1 unspecified atom stereocenters. The summed E-state index contributed by atoms with van der Waals surface area (Å²) >= 11 is 0. The first-order valence-corrected chi connectivity index (χ1v) is 22.2. The lowest BCUT2D eigenvalue weighted by molar-refractivity contribution is 0.669. The van der Waals surface area contributed by atoms with Gasteiger partial charge in [-0.05, 0) is 109 Å². The van der Waals surface area contributed by atoms with Gasteiger partial charge in [0.2, 0.25) is 0 Å². The van der Waals surface area contributed by atoms with Gasteiger partial charge in [-0.2, -0.15) is 0 Å². The normalized spacial score (nSPS) is 14.2. The van der Waals surface area contributed by atoms with Crippen LogP contribution in [0.5, 0.6) is 0 Å². The second-order valence-corrected chi connectivity index (χ2v) is 17.1. The maximum Gasteiger partial charge on any atom is 0.136 e. The number of aromatic nitrogens is 1. The number of hydrogen-bond acceptors (Lipinski definition) is 2. The molecule has 0 spiro atoms. The summed E-state index contributed by atoms with van der Waals surface area (Å²) in [6.07, 6.45) is 2.31. The highest BCUT2D eigenvalue weighted by atomic mass is 16.3. The maximum atomic E-state index is 6.49. The molecule has 0 bridgehead atoms. The van der Waals surface area contributed by atoms with Crippen molar-refractivity contribution in [2.24, 2.45) is 4.99 Å². The van der Waals surface area contributed by atoms with Gasteiger partial charge in [-0.3, -0.25) is 0 Å². The van der Waals surface area contributed by atoms with E-state index in [0.29, 0.717) is 0 Å². The molecule has 2 aromatic heterocycles. The first kappa shape index (κ1) is 37.1. The summed E-state index contributed by atoms with van der Waals surface area (Å²) in [5, 5.41) is 9.58. The van der Waals surface area contributed by atoms with Crippen LogP contribution in [-0.4, -0.2) is 10.3 Å². The van der Waals surface area contributed by atoms with Gasteiger partial charge >= 0.3 is 0 Å². The van der Waals surface area contributed by atoms with Crippen LogP contribution in [0.2, 0.25) is 0 Å². The standard InChI is InChI=1S/C62H40N2O/c1-39-56(38-53(63-62(39)45-18-6-3-7-19-45)44-28-26-41(27-29-44)40-14-4-2-5-15-40)64-54-33-31-47(37-52(54)59-49-22-10-8-16-42(49)30-34-55(59)64)46-20-12-21-48(36-46)51-24-13-25-57-61(51)60-50-23-11-9-17-43(50)32-35-58(60)65-57/h2-38,56H,1H2. The number of nitrogens with zero attached hydrogens (tertiary/aromatic N) is 2. The van der Waals surface area contributed by atoms with Crippen molar-refractivity contribution >= 4 is 76.7 Å². The fourth-order valence-electron chi connectivity index (χ4n) is 10.3. The summed E-state index contributed by atoms with van der Waals surface area (Å²) in [4.78, 5) is 5.37. The van der Waals surface area contributed by atoms with E-state index in [1.54, 1.807) is 0 Å². The molecule has 0 aliphatic carbocycles. The zero-order valence-corrected chi connectivity index (χ0v) is 35.4. The molecule has 0 amide bonds. The minimum absolute atomic E-state index is 0.205. The second-order valence-electron chi connectivity index (χ2n) is 17.1. The summed E-state index contributed by atoms with van der Waals surface area (Å²) in [7, 11) is 0. The summed E-state index contributed by atoms with van der Waals surface area (Å²) in [6, 6.07) is 78.1. The van der Waals surface area contributed by atoms with Crippen LogP contribution in [0.3, 0.4) is 0 Å². The number of benzene rings is 10. The molecule has 0 fully saturated rings. The lowest BCUT2D eigenvalue weighted by Crippen LogP contribution is -2.20. The smallest absolute Gasteiger partial charge is 0.136 e. The molecule has 1 aliphatic heterocycles. The highest BCUT2D eigenvalue weighted by molar-refractivity contribution is 6.24. The molecule has 13 rings (SSSR count). The van der Waals surface area contributed by atoms with Crippen molar-refractivity contribution in [2.45, 2.75) is 6.04 Å². The Hall–Kier alpha value is -8.53. The Morgan fingerprint density at radius 2 is 0.969 bits per heavy atom. The molecule has 65 heavy (non-hydrogen) atoms. The van der Waals surface area contributed by atoms with Crippen LogP contribution in [0.4, 0.5) is 0 Å². The molecule has 1 atom stereocenters. The summed E-state index contributed by atoms with van der Waals surface area (Å²) in [5.41, 5.74) is 16.0. The first-order valence-electron chi connectivity index (χ1n) is 22.2. The average molecular weight is 829 g/mol. The van der Waals surface area contributed by atoms with E-state index in [0.717, 1.165) is 83.3 Å². The molecule has 12 aromatic rings. The van der Waals surface area contributed by atoms with Gasteiger partial charge in [0, 0.05) is 27.1 Å². The summed E-state index contributed by atoms with van der Waals surface area (Å²) < 4.78 is 8.98. The third-order valence-corrected chi connectivity index (χ3v) is 13.4. The predicted molar refractivity (Wildman–Crippen MR) is 274 cm³/mol. The van der Waals surface area contributed by atoms with Crippen LogP contribution in [0, 0.1) is 0 Å². The van der Waals surface area contributed by atoms with Crippen molar-refractivity contribution in [3.8, 4) is 33.4 Å². The molecule has 3 heterocycles. The van der Waals surface area contributed by atoms with E-state index in [9.17, 15) is 0 Å². The van der Waals surface area contributed by atoms with Gasteiger partial charge in [0.25, 0.3) is 0 Å². The van der Waals surface area contributed by atoms with Gasteiger partial charge in [0.15, 0.2) is 0 Å². The van der Waals surface area contributed by atoms with Crippen molar-refractivity contribution in [2.75, 3.05) is 0 Å². The zero-order valence-electron chi connectivity index (χ0n) is 35.4. The SMILES string of the molecule is C=C1C(c2ccccc2)=NC(c2ccc(-c3ccccc3)cc2)=CC1n1c2ccc(-c3cccc(-c4cccc5oc6ccc7ccccc7c6c45)c3)cc2c2c3ccccc3ccc21. The van der Waals surface area contributed by atoms with Gasteiger partial charge < -0.3 is 8.98 Å². The third-order valence-electron chi connectivity index (χ3n) is 13.4. The monoisotopic (exact) mass is 828 g/mol. The fourth-order valence-corrected chi connectivity index (χ4v) is 10.3. The number of aliphatic imine (C=N–C) groups is 1. The molecule has 0 N–H and O–H groups in total. The Bertz CT molecular complexity index is 3940. The van der Waals surface area contributed by atoms with Gasteiger partial charge in [-0.1, -0.05) is 189 Å². The highest BCUT2D eigenvalue weighted by Crippen LogP contribution is 2.45. The number of fused-ring (bicyclic) bond motifs is 10. The van der Waals surface area contributed by atoms with E-state index in [2.05, 4.69) is 229 Å². The summed E-state index contributed by atoms with van der Waals surface area (Å²) in [6.45, 7) is 4.82. The maximum absolute atomic E-state index is 6.49. The molecule has 3 heteroatoms. The van der Waals surface area contributed by atoms with Crippen LogP contribution in [0.15, 0.2) is 246 Å². The number of rotatable bonds is 6. The van der Waals surface area contributed by atoms with E-state index >= 15 is 0 Å². The number of allylic oxidation sites excluding steroid dienone is 2. The van der Waals surface area contributed by atoms with Gasteiger partial charge in [-0.25, -0.2) is 4.99 Å². The molecule has 304 valence electrons. The van der Waals surface area contributed by atoms with Crippen LogP contribution < -0.4 is 0 Å². The summed E-state index contributed by atoms with van der Waals surface area (Å²) in [5.74, 6) is 0. The molecule has 0 saturated carbocycles. The molecule has 1 aliphatic rings. The zero-order chi connectivity index (χ0) is 43.0. The minimum atomic E-state index is -0.205. The molecule has 3 nitrogen and oxygen atoms in total. The minimum Gasteiger partial charge on any atom is -0.456 e. The topological polar surface area (TPSA) is 30.4 Å². The van der Waals surface area contributed by atoms with E-state index in [-0.39, 0.29) is 6.04 Å². The molecular formula is C62H40N2O. The van der Waals surface area contributed by atoms with Crippen LogP contribution in [0.25, 0.3) is 104 Å². The average Bonchev–Trinajstić information content (AvgIpc) is 3.93. The van der Waals surface area contributed by atoms with Crippen molar-refractivity contribution in [1.82, 2.24) is 4.57 Å². The predicted octanol–water partition coefficient (Wildman–Crippen LogP) is 16.6. The lowest BCUT2D eigenvalue weighted by Gasteiger charge is -2.27. The number of hydrogen-bond donors (Lipinski definition) is 0. The Balaban J connectivity index is 0.989. The van der Waals surface area contributed by atoms with Crippen molar-refractivity contribution in [1.29, 1.82) is 0 Å². The van der Waals surface area contributed by atoms with Crippen molar-refractivity contribution < 1.29 is 4.42 Å². The molecular weight excluding hydrogens is 789 g/mol.